The van der Waals surface area contributed by atoms with Crippen molar-refractivity contribution in [3.63, 3.8) is 0 Å². The molecular weight excluding hydrogens is 461 g/mol. The van der Waals surface area contributed by atoms with Gasteiger partial charge in [0.2, 0.25) is 5.75 Å². The predicted molar refractivity (Wildman–Crippen MR) is 131 cm³/mol. The highest BCUT2D eigenvalue weighted by atomic mass is 32.1. The van der Waals surface area contributed by atoms with Crippen molar-refractivity contribution in [2.75, 3.05) is 32.0 Å². The van der Waals surface area contributed by atoms with Crippen LogP contribution in [0.2, 0.25) is 0 Å². The molecule has 0 saturated carbocycles. The predicted octanol–water partition coefficient (Wildman–Crippen LogP) is 4.23. The van der Waals surface area contributed by atoms with Gasteiger partial charge < -0.3 is 24.8 Å². The van der Waals surface area contributed by atoms with E-state index in [1.54, 1.807) is 24.3 Å². The fourth-order valence-electron chi connectivity index (χ4n) is 3.02. The number of anilines is 2. The summed E-state index contributed by atoms with van der Waals surface area (Å²) in [6.07, 6.45) is 0. The minimum absolute atomic E-state index is 0.0230. The van der Waals surface area contributed by atoms with E-state index in [-0.39, 0.29) is 16.6 Å². The molecule has 3 rings (SSSR count). The number of halogens is 1. The van der Waals surface area contributed by atoms with Crippen molar-refractivity contribution < 1.29 is 28.2 Å². The number of amides is 2. The van der Waals surface area contributed by atoms with Crippen molar-refractivity contribution in [2.45, 2.75) is 0 Å². The maximum atomic E-state index is 13.0. The van der Waals surface area contributed by atoms with Crippen LogP contribution in [-0.2, 0) is 0 Å². The van der Waals surface area contributed by atoms with E-state index in [1.165, 1.54) is 57.7 Å². The quantitative estimate of drug-likeness (QED) is 0.433. The van der Waals surface area contributed by atoms with Crippen LogP contribution in [0.5, 0.6) is 17.2 Å². The van der Waals surface area contributed by atoms with Gasteiger partial charge in [-0.3, -0.25) is 14.9 Å². The molecule has 0 spiro atoms. The molecule has 3 aromatic carbocycles. The van der Waals surface area contributed by atoms with Crippen molar-refractivity contribution in [1.82, 2.24) is 5.32 Å². The van der Waals surface area contributed by atoms with Crippen LogP contribution in [0.15, 0.2) is 60.7 Å². The van der Waals surface area contributed by atoms with Crippen LogP contribution in [0.1, 0.15) is 20.7 Å². The minimum atomic E-state index is -0.498. The standard InChI is InChI=1S/C24H22FN3O5S/c1-31-19-12-15(13-20(32-2)21(19)33-3)23(30)28-24(34)27-18-6-4-5-14(11-18)22(29)26-17-9-7-16(25)8-10-17/h4-13H,1-3H3,(H,26,29)(H2,27,28,30,34). The second-order valence-corrected chi connectivity index (χ2v) is 7.27. The van der Waals surface area contributed by atoms with Gasteiger partial charge >= 0.3 is 0 Å². The summed E-state index contributed by atoms with van der Waals surface area (Å²) in [6, 6.07) is 15.0. The Kier molecular flexibility index (Phi) is 7.99. The number of carbonyl (C=O) groups is 2. The topological polar surface area (TPSA) is 97.9 Å². The Morgan fingerprint density at radius 3 is 2.00 bits per heavy atom. The third-order valence-electron chi connectivity index (χ3n) is 4.64. The van der Waals surface area contributed by atoms with Crippen LogP contribution in [-0.4, -0.2) is 38.3 Å². The van der Waals surface area contributed by atoms with E-state index in [1.807, 2.05) is 0 Å². The monoisotopic (exact) mass is 483 g/mol. The van der Waals surface area contributed by atoms with Crippen molar-refractivity contribution in [3.8, 4) is 17.2 Å². The normalized spacial score (nSPS) is 10.1. The average molecular weight is 484 g/mol. The van der Waals surface area contributed by atoms with Gasteiger partial charge in [0.25, 0.3) is 11.8 Å². The number of carbonyl (C=O) groups excluding carboxylic acids is 2. The van der Waals surface area contributed by atoms with E-state index in [9.17, 15) is 14.0 Å². The molecule has 0 atom stereocenters. The molecule has 8 nitrogen and oxygen atoms in total. The summed E-state index contributed by atoms with van der Waals surface area (Å²) in [7, 11) is 4.36. The Labute approximate surface area is 201 Å². The van der Waals surface area contributed by atoms with Crippen molar-refractivity contribution in [1.29, 1.82) is 0 Å². The van der Waals surface area contributed by atoms with Gasteiger partial charge in [-0.2, -0.15) is 0 Å². The van der Waals surface area contributed by atoms with E-state index < -0.39 is 11.7 Å². The van der Waals surface area contributed by atoms with E-state index in [4.69, 9.17) is 26.4 Å². The number of benzene rings is 3. The van der Waals surface area contributed by atoms with Crippen LogP contribution in [0, 0.1) is 5.82 Å². The van der Waals surface area contributed by atoms with Gasteiger partial charge in [-0.15, -0.1) is 0 Å². The van der Waals surface area contributed by atoms with Gasteiger partial charge in [-0.25, -0.2) is 4.39 Å². The molecule has 0 heterocycles. The van der Waals surface area contributed by atoms with E-state index in [0.717, 1.165) is 0 Å². The Balaban J connectivity index is 1.67. The summed E-state index contributed by atoms with van der Waals surface area (Å²) in [6.45, 7) is 0. The highest BCUT2D eigenvalue weighted by Gasteiger charge is 2.18. The van der Waals surface area contributed by atoms with Crippen LogP contribution in [0.3, 0.4) is 0 Å². The summed E-state index contributed by atoms with van der Waals surface area (Å²) < 4.78 is 28.8. The SMILES string of the molecule is COc1cc(C(=O)NC(=S)Nc2cccc(C(=O)Nc3ccc(F)cc3)c2)cc(OC)c1OC. The zero-order chi connectivity index (χ0) is 24.7. The molecule has 0 fully saturated rings. The first-order chi connectivity index (χ1) is 16.3. The molecule has 0 bridgehead atoms. The van der Waals surface area contributed by atoms with Crippen molar-refractivity contribution in [3.05, 3.63) is 77.6 Å². The number of nitrogens with one attached hydrogen (secondary N) is 3. The van der Waals surface area contributed by atoms with Gasteiger partial charge in [-0.05, 0) is 66.8 Å². The van der Waals surface area contributed by atoms with Gasteiger partial charge in [0.05, 0.1) is 21.3 Å². The molecule has 3 aromatic rings. The molecule has 0 unspecified atom stereocenters. The Morgan fingerprint density at radius 2 is 1.41 bits per heavy atom. The summed E-state index contributed by atoms with van der Waals surface area (Å²) in [5, 5.41) is 8.15. The summed E-state index contributed by atoms with van der Waals surface area (Å²) in [5.41, 5.74) is 1.53. The average Bonchev–Trinajstić information content (AvgIpc) is 2.84. The minimum Gasteiger partial charge on any atom is -0.493 e. The number of hydrogen-bond acceptors (Lipinski definition) is 6. The van der Waals surface area contributed by atoms with Gasteiger partial charge in [0, 0.05) is 22.5 Å². The largest absolute Gasteiger partial charge is 0.493 e. The first-order valence-corrected chi connectivity index (χ1v) is 10.3. The molecule has 3 N–H and O–H groups in total. The number of ether oxygens (including phenoxy) is 3. The Hall–Kier alpha value is -4.18. The second kappa shape index (κ2) is 11.1. The molecule has 0 aliphatic rings. The molecule has 2 amide bonds. The summed E-state index contributed by atoms with van der Waals surface area (Å²) >= 11 is 5.24. The summed E-state index contributed by atoms with van der Waals surface area (Å²) in [4.78, 5) is 25.2. The number of thiocarbonyl (C=S) groups is 1. The van der Waals surface area contributed by atoms with Crippen LogP contribution in [0.25, 0.3) is 0 Å². The van der Waals surface area contributed by atoms with Crippen LogP contribution < -0.4 is 30.2 Å². The lowest BCUT2D eigenvalue weighted by Gasteiger charge is -2.15. The van der Waals surface area contributed by atoms with E-state index in [0.29, 0.717) is 34.2 Å². The lowest BCUT2D eigenvalue weighted by molar-refractivity contribution is 0.0975. The van der Waals surface area contributed by atoms with Crippen molar-refractivity contribution >= 4 is 40.5 Å². The van der Waals surface area contributed by atoms with Crippen LogP contribution in [0.4, 0.5) is 15.8 Å². The fourth-order valence-corrected chi connectivity index (χ4v) is 3.24. The summed E-state index contributed by atoms with van der Waals surface area (Å²) in [5.74, 6) is -0.273. The number of methoxy groups -OCH3 is 3. The van der Waals surface area contributed by atoms with Gasteiger partial charge in [0.1, 0.15) is 5.82 Å². The highest BCUT2D eigenvalue weighted by Crippen LogP contribution is 2.38. The number of rotatable bonds is 7. The lowest BCUT2D eigenvalue weighted by atomic mass is 10.1. The van der Waals surface area contributed by atoms with Crippen molar-refractivity contribution in [2.24, 2.45) is 0 Å². The van der Waals surface area contributed by atoms with E-state index in [2.05, 4.69) is 16.0 Å². The Bertz CT molecular complexity index is 1190. The lowest BCUT2D eigenvalue weighted by Crippen LogP contribution is -2.34. The maximum Gasteiger partial charge on any atom is 0.257 e. The molecular formula is C24H22FN3O5S. The first-order valence-electron chi connectivity index (χ1n) is 9.94. The van der Waals surface area contributed by atoms with Gasteiger partial charge in [-0.1, -0.05) is 6.07 Å². The highest BCUT2D eigenvalue weighted by molar-refractivity contribution is 7.80. The molecule has 0 aromatic heterocycles. The second-order valence-electron chi connectivity index (χ2n) is 6.86. The maximum absolute atomic E-state index is 13.0. The zero-order valence-electron chi connectivity index (χ0n) is 18.6. The van der Waals surface area contributed by atoms with E-state index >= 15 is 0 Å². The van der Waals surface area contributed by atoms with Gasteiger partial charge in [0.15, 0.2) is 16.6 Å². The molecule has 0 aliphatic heterocycles. The first kappa shape index (κ1) is 24.5. The molecule has 176 valence electrons. The molecule has 0 saturated heterocycles. The third-order valence-corrected chi connectivity index (χ3v) is 4.84. The number of hydrogen-bond donors (Lipinski definition) is 3. The smallest absolute Gasteiger partial charge is 0.257 e. The zero-order valence-corrected chi connectivity index (χ0v) is 19.4. The molecule has 34 heavy (non-hydrogen) atoms. The molecule has 0 aliphatic carbocycles. The molecule has 0 radical (unpaired) electrons. The fraction of sp³-hybridized carbons (Fsp3) is 0.125. The van der Waals surface area contributed by atoms with Crippen LogP contribution >= 0.6 is 12.2 Å². The third kappa shape index (κ3) is 5.99. The Morgan fingerprint density at radius 1 is 0.765 bits per heavy atom. The molecule has 10 heteroatoms.